The molecular weight excluding hydrogens is 202 g/mol. The van der Waals surface area contributed by atoms with Gasteiger partial charge in [0.1, 0.15) is 24.1 Å². The molecule has 1 aromatic heterocycles. The lowest BCUT2D eigenvalue weighted by Crippen LogP contribution is -2.48. The number of hydrogen-bond acceptors (Lipinski definition) is 4. The fourth-order valence-electron chi connectivity index (χ4n) is 1.72. The Morgan fingerprint density at radius 2 is 2.50 bits per heavy atom. The van der Waals surface area contributed by atoms with Crippen molar-refractivity contribution in [1.29, 1.82) is 5.26 Å². The summed E-state index contributed by atoms with van der Waals surface area (Å²) in [5.74, 6) is 0.747. The molecule has 84 valence electrons. The summed E-state index contributed by atoms with van der Waals surface area (Å²) in [5.41, 5.74) is 1.33. The van der Waals surface area contributed by atoms with Gasteiger partial charge in [-0.1, -0.05) is 0 Å². The van der Waals surface area contributed by atoms with Crippen LogP contribution in [0.1, 0.15) is 17.7 Å². The van der Waals surface area contributed by atoms with Gasteiger partial charge in [-0.15, -0.1) is 0 Å². The molecular formula is C12H15N3O. The molecule has 0 aromatic carbocycles. The molecule has 1 aliphatic rings. The minimum atomic E-state index is 0.466. The zero-order valence-corrected chi connectivity index (χ0v) is 9.60. The maximum absolute atomic E-state index is 8.75. The molecule has 4 nitrogen and oxygen atoms in total. The Bertz CT molecular complexity index is 425. The van der Waals surface area contributed by atoms with Gasteiger partial charge in [0.15, 0.2) is 0 Å². The lowest BCUT2D eigenvalue weighted by Gasteiger charge is -2.37. The number of rotatable bonds is 3. The third-order valence-corrected chi connectivity index (χ3v) is 3.04. The van der Waals surface area contributed by atoms with Gasteiger partial charge >= 0.3 is 0 Å². The van der Waals surface area contributed by atoms with Crippen molar-refractivity contribution in [3.63, 3.8) is 0 Å². The topological polar surface area (TPSA) is 49.1 Å². The van der Waals surface area contributed by atoms with Crippen LogP contribution in [0, 0.1) is 18.3 Å². The van der Waals surface area contributed by atoms with Crippen LogP contribution in [0.2, 0.25) is 0 Å². The lowest BCUT2D eigenvalue weighted by molar-refractivity contribution is 0.0767. The number of nitrogens with zero attached hydrogens (tertiary/aromatic N) is 3. The average Bonchev–Trinajstić information content (AvgIpc) is 2.27. The van der Waals surface area contributed by atoms with E-state index in [0.717, 1.165) is 17.9 Å². The normalized spacial score (nSPS) is 19.9. The van der Waals surface area contributed by atoms with Crippen molar-refractivity contribution in [1.82, 2.24) is 9.88 Å². The monoisotopic (exact) mass is 217 g/mol. The van der Waals surface area contributed by atoms with Gasteiger partial charge in [0.25, 0.3) is 0 Å². The van der Waals surface area contributed by atoms with Crippen molar-refractivity contribution in [2.75, 3.05) is 20.2 Å². The first-order chi connectivity index (χ1) is 7.70. The van der Waals surface area contributed by atoms with Crippen LogP contribution < -0.4 is 4.74 Å². The molecule has 0 amide bonds. The van der Waals surface area contributed by atoms with E-state index in [-0.39, 0.29) is 0 Å². The van der Waals surface area contributed by atoms with Gasteiger partial charge in [0, 0.05) is 6.04 Å². The molecule has 2 heterocycles. The van der Waals surface area contributed by atoms with Crippen molar-refractivity contribution in [2.24, 2.45) is 0 Å². The van der Waals surface area contributed by atoms with Crippen LogP contribution in [0.25, 0.3) is 0 Å². The lowest BCUT2D eigenvalue weighted by atomic mass is 10.1. The Balaban J connectivity index is 1.95. The number of likely N-dealkylation sites (tertiary alicyclic amines) is 1. The third kappa shape index (κ3) is 2.15. The minimum absolute atomic E-state index is 0.466. The molecule has 0 aliphatic carbocycles. The zero-order valence-electron chi connectivity index (χ0n) is 9.60. The van der Waals surface area contributed by atoms with E-state index < -0.39 is 0 Å². The van der Waals surface area contributed by atoms with Crippen LogP contribution in [-0.2, 0) is 0 Å². The molecule has 0 radical (unpaired) electrons. The maximum Gasteiger partial charge on any atom is 0.143 e. The SMILES string of the molecule is Cc1cc(OC[C@@H]2CCN2C)cnc1C#N. The summed E-state index contributed by atoms with van der Waals surface area (Å²) < 4.78 is 5.65. The van der Waals surface area contributed by atoms with E-state index in [2.05, 4.69) is 16.9 Å². The second kappa shape index (κ2) is 4.50. The van der Waals surface area contributed by atoms with Crippen molar-refractivity contribution < 1.29 is 4.74 Å². The van der Waals surface area contributed by atoms with E-state index in [4.69, 9.17) is 10.00 Å². The van der Waals surface area contributed by atoms with E-state index in [1.54, 1.807) is 6.20 Å². The third-order valence-electron chi connectivity index (χ3n) is 3.04. The Morgan fingerprint density at radius 1 is 1.69 bits per heavy atom. The molecule has 1 atom stereocenters. The molecule has 1 aromatic rings. The first kappa shape index (κ1) is 10.9. The number of hydrogen-bond donors (Lipinski definition) is 0. The molecule has 0 saturated carbocycles. The number of pyridine rings is 1. The highest BCUT2D eigenvalue weighted by molar-refractivity contribution is 5.35. The van der Waals surface area contributed by atoms with Gasteiger partial charge in [-0.25, -0.2) is 4.98 Å². The maximum atomic E-state index is 8.75. The summed E-state index contributed by atoms with van der Waals surface area (Å²) in [5, 5.41) is 8.75. The Hall–Kier alpha value is -1.60. The van der Waals surface area contributed by atoms with Gasteiger partial charge in [-0.05, 0) is 38.6 Å². The van der Waals surface area contributed by atoms with E-state index in [1.807, 2.05) is 19.1 Å². The van der Waals surface area contributed by atoms with E-state index in [1.165, 1.54) is 6.42 Å². The van der Waals surface area contributed by atoms with Crippen LogP contribution in [-0.4, -0.2) is 36.1 Å². The Labute approximate surface area is 95.5 Å². The van der Waals surface area contributed by atoms with E-state index >= 15 is 0 Å². The predicted molar refractivity (Wildman–Crippen MR) is 60.2 cm³/mol. The van der Waals surface area contributed by atoms with E-state index in [0.29, 0.717) is 18.3 Å². The molecule has 16 heavy (non-hydrogen) atoms. The number of ether oxygens (including phenoxy) is 1. The van der Waals surface area contributed by atoms with Crippen LogP contribution in [0.15, 0.2) is 12.3 Å². The summed E-state index contributed by atoms with van der Waals surface area (Å²) in [6, 6.07) is 4.43. The number of likely N-dealkylation sites (N-methyl/N-ethyl adjacent to an activating group) is 1. The predicted octanol–water partition coefficient (Wildman–Crippen LogP) is 1.34. The molecule has 4 heteroatoms. The quantitative estimate of drug-likeness (QED) is 0.766. The highest BCUT2D eigenvalue weighted by Gasteiger charge is 2.24. The first-order valence-electron chi connectivity index (χ1n) is 5.40. The standard InChI is InChI=1S/C12H15N3O/c1-9-5-11(7-14-12(9)6-13)16-8-10-3-4-15(10)2/h5,7,10H,3-4,8H2,1-2H3/t10-/m0/s1. The van der Waals surface area contributed by atoms with Gasteiger partial charge in [0.2, 0.25) is 0 Å². The highest BCUT2D eigenvalue weighted by Crippen LogP contribution is 2.18. The summed E-state index contributed by atoms with van der Waals surface area (Å²) in [6.45, 7) is 3.72. The Morgan fingerprint density at radius 3 is 3.00 bits per heavy atom. The fourth-order valence-corrected chi connectivity index (χ4v) is 1.72. The van der Waals surface area contributed by atoms with Gasteiger partial charge in [-0.3, -0.25) is 4.90 Å². The molecule has 1 fully saturated rings. The van der Waals surface area contributed by atoms with Crippen molar-refractivity contribution in [2.45, 2.75) is 19.4 Å². The molecule has 2 rings (SSSR count). The zero-order chi connectivity index (χ0) is 11.5. The smallest absolute Gasteiger partial charge is 0.143 e. The van der Waals surface area contributed by atoms with Gasteiger partial charge in [-0.2, -0.15) is 5.26 Å². The van der Waals surface area contributed by atoms with Gasteiger partial charge in [0.05, 0.1) is 6.20 Å². The van der Waals surface area contributed by atoms with Crippen LogP contribution in [0.3, 0.4) is 0 Å². The summed E-state index contributed by atoms with van der Waals surface area (Å²) in [7, 11) is 2.10. The Kier molecular flexibility index (Phi) is 3.07. The summed E-state index contributed by atoms with van der Waals surface area (Å²) in [6.07, 6.45) is 2.81. The average molecular weight is 217 g/mol. The van der Waals surface area contributed by atoms with Gasteiger partial charge < -0.3 is 4.74 Å². The number of aromatic nitrogens is 1. The highest BCUT2D eigenvalue weighted by atomic mass is 16.5. The van der Waals surface area contributed by atoms with Crippen LogP contribution in [0.5, 0.6) is 5.75 Å². The number of nitriles is 1. The van der Waals surface area contributed by atoms with Crippen LogP contribution >= 0.6 is 0 Å². The first-order valence-corrected chi connectivity index (χ1v) is 5.40. The van der Waals surface area contributed by atoms with Crippen molar-refractivity contribution in [3.05, 3.63) is 23.5 Å². The molecule has 1 saturated heterocycles. The molecule has 0 spiro atoms. The van der Waals surface area contributed by atoms with E-state index in [9.17, 15) is 0 Å². The molecule has 0 N–H and O–H groups in total. The summed E-state index contributed by atoms with van der Waals surface area (Å²) >= 11 is 0. The molecule has 1 aliphatic heterocycles. The largest absolute Gasteiger partial charge is 0.490 e. The second-order valence-electron chi connectivity index (χ2n) is 4.18. The fraction of sp³-hybridized carbons (Fsp3) is 0.500. The molecule has 0 unspecified atom stereocenters. The molecule has 0 bridgehead atoms. The second-order valence-corrected chi connectivity index (χ2v) is 4.18. The van der Waals surface area contributed by atoms with Crippen molar-refractivity contribution >= 4 is 0 Å². The summed E-state index contributed by atoms with van der Waals surface area (Å²) in [4.78, 5) is 6.31. The van der Waals surface area contributed by atoms with Crippen molar-refractivity contribution in [3.8, 4) is 11.8 Å². The van der Waals surface area contributed by atoms with Crippen LogP contribution in [0.4, 0.5) is 0 Å². The minimum Gasteiger partial charge on any atom is -0.490 e. The number of aryl methyl sites for hydroxylation is 1.